The Morgan fingerprint density at radius 2 is 1.58 bits per heavy atom. The van der Waals surface area contributed by atoms with Crippen molar-refractivity contribution in [2.24, 2.45) is 0 Å². The second kappa shape index (κ2) is 3.97. The van der Waals surface area contributed by atoms with Gasteiger partial charge in [-0.1, -0.05) is 0 Å². The van der Waals surface area contributed by atoms with Gasteiger partial charge in [0.1, 0.15) is 0 Å². The van der Waals surface area contributed by atoms with E-state index in [2.05, 4.69) is 43.9 Å². The van der Waals surface area contributed by atoms with Gasteiger partial charge in [-0.05, 0) is 0 Å². The molecule has 3 heteroatoms. The van der Waals surface area contributed by atoms with Crippen LogP contribution in [0.1, 0.15) is 0 Å². The fraction of sp³-hybridized carbons (Fsp3) is 0.333. The van der Waals surface area contributed by atoms with Crippen molar-refractivity contribution in [2.75, 3.05) is 0 Å². The van der Waals surface area contributed by atoms with Crippen molar-refractivity contribution < 1.29 is 0 Å². The molecule has 0 aromatic heterocycles. The van der Waals surface area contributed by atoms with E-state index in [-0.39, 0.29) is 14.0 Å². The Morgan fingerprint density at radius 3 is 1.92 bits per heavy atom. The summed E-state index contributed by atoms with van der Waals surface area (Å²) < 4.78 is 1.27. The van der Waals surface area contributed by atoms with Gasteiger partial charge in [0.2, 0.25) is 0 Å². The molecule has 0 bridgehead atoms. The molecule has 66 valence electrons. The molecule has 0 saturated carbocycles. The van der Waals surface area contributed by atoms with Crippen LogP contribution in [0.3, 0.4) is 0 Å². The molecule has 0 spiro atoms. The second-order valence-corrected chi connectivity index (χ2v) is 11.0. The first-order chi connectivity index (χ1) is 5.54. The third kappa shape index (κ3) is 2.63. The molecule has 1 aromatic rings. The first kappa shape index (κ1) is 10.3. The quantitative estimate of drug-likeness (QED) is 0.713. The zero-order valence-electron chi connectivity index (χ0n) is 7.60. The number of hydrogen-bond donors (Lipinski definition) is 0. The van der Waals surface area contributed by atoms with Gasteiger partial charge in [0.05, 0.1) is 0 Å². The van der Waals surface area contributed by atoms with E-state index >= 15 is 0 Å². The molecule has 0 heterocycles. The van der Waals surface area contributed by atoms with Crippen molar-refractivity contribution in [1.82, 2.24) is 0 Å². The molecule has 1 aromatic carbocycles. The summed E-state index contributed by atoms with van der Waals surface area (Å²) in [7, 11) is 4.66. The maximum absolute atomic E-state index is 5.77. The van der Waals surface area contributed by atoms with Crippen molar-refractivity contribution in [3.8, 4) is 0 Å². The van der Waals surface area contributed by atoms with Crippen LogP contribution >= 0.6 is 10.1 Å². The van der Waals surface area contributed by atoms with Crippen molar-refractivity contribution in [1.29, 1.82) is 0 Å². The van der Waals surface area contributed by atoms with Gasteiger partial charge in [0.15, 0.2) is 0 Å². The van der Waals surface area contributed by atoms with Gasteiger partial charge in [0.25, 0.3) is 0 Å². The second-order valence-electron chi connectivity index (χ2n) is 3.85. The molecule has 0 unspecified atom stereocenters. The van der Waals surface area contributed by atoms with E-state index in [0.717, 1.165) is 0 Å². The first-order valence-corrected chi connectivity index (χ1v) is 10.5. The zero-order valence-corrected chi connectivity index (χ0v) is 11.1. The van der Waals surface area contributed by atoms with Crippen LogP contribution in [-0.2, 0) is 0 Å². The van der Waals surface area contributed by atoms with Crippen LogP contribution in [0.4, 0.5) is 0 Å². The summed E-state index contributed by atoms with van der Waals surface area (Å²) in [5.74, 6) is 0. The average Bonchev–Trinajstić information content (AvgIpc) is 2.03. The normalized spacial score (nSPS) is 11.7. The fourth-order valence-corrected chi connectivity index (χ4v) is 3.21. The third-order valence-electron chi connectivity index (χ3n) is 1.81. The first-order valence-electron chi connectivity index (χ1n) is 3.93. The van der Waals surface area contributed by atoms with Crippen LogP contribution in [0.25, 0.3) is 0 Å². The minimum absolute atomic E-state index is 0.123. The Bertz CT molecular complexity index is 250. The van der Waals surface area contributed by atoms with E-state index in [1.54, 1.807) is 0 Å². The Hall–Kier alpha value is 0.246. The number of rotatable bonds is 2. The van der Waals surface area contributed by atoms with E-state index in [1.807, 2.05) is 0 Å². The van der Waals surface area contributed by atoms with Crippen LogP contribution in [0.2, 0.25) is 19.6 Å². The molecule has 12 heavy (non-hydrogen) atoms. The molecule has 0 aliphatic heterocycles. The van der Waals surface area contributed by atoms with Crippen LogP contribution in [0.15, 0.2) is 24.3 Å². The van der Waals surface area contributed by atoms with Gasteiger partial charge in [0, 0.05) is 0 Å². The molecule has 1 rings (SSSR count). The number of halogens is 1. The topological polar surface area (TPSA) is 0 Å². The molecular weight excluding hydrogens is 251 g/mol. The molecule has 0 aliphatic rings. The van der Waals surface area contributed by atoms with Gasteiger partial charge in [-0.15, -0.1) is 0 Å². The molecule has 0 atom stereocenters. The monoisotopic (exact) mass is 264 g/mol. The standard InChI is InChI=1S/C9H13ClSeSi/c1-12(2,3)9-6-4-8(11-10)5-7-9/h4-7H,1-3H3. The summed E-state index contributed by atoms with van der Waals surface area (Å²) in [6.07, 6.45) is 0. The van der Waals surface area contributed by atoms with Crippen molar-refractivity contribution in [3.05, 3.63) is 24.3 Å². The molecule has 0 nitrogen and oxygen atoms in total. The van der Waals surface area contributed by atoms with Crippen LogP contribution in [-0.4, -0.2) is 22.1 Å². The van der Waals surface area contributed by atoms with E-state index in [9.17, 15) is 0 Å². The van der Waals surface area contributed by atoms with E-state index in [4.69, 9.17) is 10.1 Å². The molecule has 0 fully saturated rings. The summed E-state index contributed by atoms with van der Waals surface area (Å²) in [5, 5.41) is 1.51. The molecule has 0 saturated heterocycles. The van der Waals surface area contributed by atoms with Crippen molar-refractivity contribution in [2.45, 2.75) is 19.6 Å². The van der Waals surface area contributed by atoms with E-state index in [0.29, 0.717) is 0 Å². The van der Waals surface area contributed by atoms with Gasteiger partial charge < -0.3 is 0 Å². The SMILES string of the molecule is C[Si](C)(C)c1ccc([Se]Cl)cc1. The van der Waals surface area contributed by atoms with Crippen molar-refractivity contribution >= 4 is 41.9 Å². The summed E-state index contributed by atoms with van der Waals surface area (Å²) >= 11 is 0.123. The molecule has 0 aliphatic carbocycles. The van der Waals surface area contributed by atoms with Crippen LogP contribution < -0.4 is 9.65 Å². The number of hydrogen-bond acceptors (Lipinski definition) is 0. The summed E-state index contributed by atoms with van der Waals surface area (Å²) in [6.45, 7) is 7.07. The van der Waals surface area contributed by atoms with Crippen molar-refractivity contribution in [3.63, 3.8) is 0 Å². The Morgan fingerprint density at radius 1 is 1.08 bits per heavy atom. The average molecular weight is 264 g/mol. The predicted molar refractivity (Wildman–Crippen MR) is 60.7 cm³/mol. The van der Waals surface area contributed by atoms with Gasteiger partial charge >= 0.3 is 85.8 Å². The molecule has 0 N–H and O–H groups in total. The Kier molecular flexibility index (Phi) is 3.42. The summed E-state index contributed by atoms with van der Waals surface area (Å²) in [6, 6.07) is 8.76. The summed E-state index contributed by atoms with van der Waals surface area (Å²) in [5.41, 5.74) is 0. The predicted octanol–water partition coefficient (Wildman–Crippen LogP) is 1.72. The maximum atomic E-state index is 5.77. The molecule has 0 amide bonds. The van der Waals surface area contributed by atoms with Crippen LogP contribution in [0.5, 0.6) is 0 Å². The zero-order chi connectivity index (χ0) is 9.19. The minimum atomic E-state index is -1.11. The molecule has 0 radical (unpaired) electrons. The van der Waals surface area contributed by atoms with Gasteiger partial charge in [-0.3, -0.25) is 0 Å². The Labute approximate surface area is 85.7 Å². The van der Waals surface area contributed by atoms with E-state index < -0.39 is 8.07 Å². The molecular formula is C9H13ClSeSi. The fourth-order valence-electron chi connectivity index (χ4n) is 1.01. The van der Waals surface area contributed by atoms with Gasteiger partial charge in [-0.25, -0.2) is 0 Å². The van der Waals surface area contributed by atoms with Gasteiger partial charge in [-0.2, -0.15) is 0 Å². The summed E-state index contributed by atoms with van der Waals surface area (Å²) in [4.78, 5) is 0. The van der Waals surface area contributed by atoms with Crippen LogP contribution in [0, 0.1) is 0 Å². The van der Waals surface area contributed by atoms with E-state index in [1.165, 1.54) is 9.65 Å². The number of benzene rings is 1. The third-order valence-corrected chi connectivity index (χ3v) is 5.75. The Balaban J connectivity index is 2.93.